The van der Waals surface area contributed by atoms with Gasteiger partial charge < -0.3 is 53.0 Å². The molecule has 8 bridgehead atoms. The van der Waals surface area contributed by atoms with Crippen LogP contribution in [0.5, 0.6) is 0 Å². The predicted octanol–water partition coefficient (Wildman–Crippen LogP) is 7.53. The molecule has 0 aliphatic carbocycles. The van der Waals surface area contributed by atoms with E-state index < -0.39 is 6.29 Å². The zero-order valence-electron chi connectivity index (χ0n) is 37.4. The maximum Gasteiger partial charge on any atom is 0.305 e. The number of aliphatic hydroxyl groups excluding tert-OH is 1. The van der Waals surface area contributed by atoms with Gasteiger partial charge in [0.25, 0.3) is 0 Å². The third-order valence-corrected chi connectivity index (χ3v) is 11.3. The molecule has 338 valence electrons. The van der Waals surface area contributed by atoms with Gasteiger partial charge in [-0.2, -0.15) is 0 Å². The average molecular weight is 859 g/mol. The van der Waals surface area contributed by atoms with Crippen molar-refractivity contribution in [3.8, 4) is 0 Å². The van der Waals surface area contributed by atoms with Gasteiger partial charge in [-0.1, -0.05) is 32.2 Å². The number of aromatic amines is 2. The molecule has 0 fully saturated rings. The number of aromatic nitrogens is 4. The lowest BCUT2D eigenvalue weighted by Crippen LogP contribution is -2.17. The fourth-order valence-corrected chi connectivity index (χ4v) is 7.70. The van der Waals surface area contributed by atoms with Gasteiger partial charge in [-0.15, -0.1) is 0 Å². The Bertz CT molecular complexity index is 2160. The van der Waals surface area contributed by atoms with Crippen LogP contribution >= 0.6 is 0 Å². The van der Waals surface area contributed by atoms with Crippen LogP contribution in [0.1, 0.15) is 90.0 Å². The highest BCUT2D eigenvalue weighted by Gasteiger charge is 2.30. The minimum atomic E-state index is -0.997. The fourth-order valence-electron chi connectivity index (χ4n) is 7.70. The first kappa shape index (κ1) is 48.5. The second-order valence-electron chi connectivity index (χ2n) is 15.4. The Labute approximate surface area is 365 Å². The molecule has 2 aliphatic heterocycles. The maximum absolute atomic E-state index is 13.1. The summed E-state index contributed by atoms with van der Waals surface area (Å²) in [5.41, 5.74) is 13.0. The van der Waals surface area contributed by atoms with Gasteiger partial charge in [0.15, 0.2) is 6.29 Å². The highest BCUT2D eigenvalue weighted by molar-refractivity contribution is 5.97. The molecule has 3 aromatic rings. The number of allylic oxidation sites excluding steroid dienone is 3. The zero-order valence-corrected chi connectivity index (χ0v) is 37.4. The van der Waals surface area contributed by atoms with Crippen LogP contribution in [0.15, 0.2) is 43.5 Å². The number of nitrogens with zero attached hydrogens (tertiary/aromatic N) is 2. The summed E-state index contributed by atoms with van der Waals surface area (Å²) in [6, 6.07) is 8.33. The lowest BCUT2D eigenvalue weighted by atomic mass is 9.87. The van der Waals surface area contributed by atoms with Crippen molar-refractivity contribution in [1.82, 2.24) is 19.9 Å². The summed E-state index contributed by atoms with van der Waals surface area (Å²) >= 11 is 0. The first-order valence-electron chi connectivity index (χ1n) is 21.5. The van der Waals surface area contributed by atoms with Crippen LogP contribution in [0.3, 0.4) is 0 Å². The molecule has 3 unspecified atom stereocenters. The number of carbonyl (C=O) groups excluding carboxylic acids is 1. The van der Waals surface area contributed by atoms with Crippen LogP contribution in [-0.4, -0.2) is 131 Å². The van der Waals surface area contributed by atoms with Gasteiger partial charge in [0.2, 0.25) is 0 Å². The molecule has 14 nitrogen and oxygen atoms in total. The van der Waals surface area contributed by atoms with E-state index in [1.807, 2.05) is 12.2 Å². The van der Waals surface area contributed by atoms with Gasteiger partial charge in [0.1, 0.15) is 6.61 Å². The number of ether oxygens (including phenoxy) is 8. The molecule has 14 heteroatoms. The van der Waals surface area contributed by atoms with Gasteiger partial charge in [-0.3, -0.25) is 9.78 Å². The summed E-state index contributed by atoms with van der Waals surface area (Å²) < 4.78 is 43.3. The van der Waals surface area contributed by atoms with Crippen LogP contribution in [-0.2, 0) is 49.1 Å². The summed E-state index contributed by atoms with van der Waals surface area (Å²) in [6.45, 7) is 21.5. The van der Waals surface area contributed by atoms with E-state index in [0.717, 1.165) is 78.2 Å². The number of rotatable bonds is 27. The number of methoxy groups -OCH3 is 2. The zero-order chi connectivity index (χ0) is 44.4. The van der Waals surface area contributed by atoms with Gasteiger partial charge in [0.05, 0.1) is 84.1 Å². The molecule has 3 atom stereocenters. The lowest BCUT2D eigenvalue weighted by Gasteiger charge is -2.16. The van der Waals surface area contributed by atoms with Crippen molar-refractivity contribution in [1.29, 1.82) is 0 Å². The van der Waals surface area contributed by atoms with Crippen molar-refractivity contribution in [2.75, 3.05) is 93.5 Å². The van der Waals surface area contributed by atoms with Crippen molar-refractivity contribution >= 4 is 45.3 Å². The van der Waals surface area contributed by atoms with E-state index in [0.29, 0.717) is 78.7 Å². The smallest absolute Gasteiger partial charge is 0.305 e. The third-order valence-electron chi connectivity index (χ3n) is 11.3. The monoisotopic (exact) mass is 858 g/mol. The molecule has 3 N–H and O–H groups in total. The number of aryl methyl sites for hydroxylation is 3. The van der Waals surface area contributed by atoms with Crippen LogP contribution < -0.4 is 0 Å². The van der Waals surface area contributed by atoms with Crippen LogP contribution in [0, 0.1) is 13.8 Å². The number of esters is 1. The molecule has 5 rings (SSSR count). The standard InChI is InChI=1S/C48H66N4O10/c1-9-35-31(3)39-27-40-33(5)37(11-13-47(53)61-25-23-59-21-19-57-17-15-55-7)45(51-40)30-46-38(12-14-48(54)62-26-24-60-22-20-58-18-16-56-8)34(6)42(52-46)29-44-36(10-2)32(4)41(50-44)28-43(35)49-39/h9-10,27-30,33,37,48-49,52,54H,1-2,11-26H2,3-8H3. The lowest BCUT2D eigenvalue weighted by molar-refractivity contribution is -0.145. The van der Waals surface area contributed by atoms with Crippen molar-refractivity contribution in [2.45, 2.75) is 71.5 Å². The van der Waals surface area contributed by atoms with E-state index in [1.165, 1.54) is 0 Å². The Kier molecular flexibility index (Phi) is 19.5. The van der Waals surface area contributed by atoms with E-state index >= 15 is 0 Å². The van der Waals surface area contributed by atoms with Gasteiger partial charge >= 0.3 is 5.97 Å². The van der Waals surface area contributed by atoms with E-state index in [4.69, 9.17) is 47.9 Å². The Hall–Kier alpha value is -4.51. The van der Waals surface area contributed by atoms with E-state index in [-0.39, 0.29) is 44.0 Å². The minimum Gasteiger partial charge on any atom is -0.463 e. The second kappa shape index (κ2) is 25.0. The Morgan fingerprint density at radius 2 is 1.31 bits per heavy atom. The van der Waals surface area contributed by atoms with Crippen LogP contribution in [0.2, 0.25) is 0 Å². The molecule has 62 heavy (non-hydrogen) atoms. The fraction of sp³-hybridized carbons (Fsp3) is 0.521. The average Bonchev–Trinajstić information content (AvgIpc) is 3.92. The van der Waals surface area contributed by atoms with Gasteiger partial charge in [0, 0.05) is 83.5 Å². The van der Waals surface area contributed by atoms with Crippen molar-refractivity contribution < 1.29 is 47.8 Å². The summed E-state index contributed by atoms with van der Waals surface area (Å²) in [7, 11) is 3.26. The summed E-state index contributed by atoms with van der Waals surface area (Å²) in [6.07, 6.45) is 4.35. The number of hydrogen-bond donors (Lipinski definition) is 3. The largest absolute Gasteiger partial charge is 0.463 e. The molecule has 0 saturated carbocycles. The normalized spacial score (nSPS) is 15.6. The summed E-state index contributed by atoms with van der Waals surface area (Å²) in [4.78, 5) is 30.7. The SMILES string of the molecule is C=CC1=C(C)c2cc3[nH]c(cc4nc(cc5[nH]c(cc1n2)c(C)c5CCC(O)OCCOCCOCCOC)C(CCC(=O)OCCOCCOCCOC)C4C)c(C)c3C=C. The molecule has 0 saturated heterocycles. The number of nitrogens with one attached hydrogen (secondary N) is 2. The summed E-state index contributed by atoms with van der Waals surface area (Å²) in [5, 5.41) is 10.9. The number of fused-ring (bicyclic) bond motifs is 8. The molecular weight excluding hydrogens is 793 g/mol. The molecule has 0 spiro atoms. The van der Waals surface area contributed by atoms with Crippen molar-refractivity contribution in [3.63, 3.8) is 0 Å². The topological polar surface area (TPSA) is 168 Å². The predicted molar refractivity (Wildman–Crippen MR) is 242 cm³/mol. The Morgan fingerprint density at radius 3 is 1.95 bits per heavy atom. The van der Waals surface area contributed by atoms with E-state index in [9.17, 15) is 9.90 Å². The van der Waals surface area contributed by atoms with Crippen molar-refractivity contribution in [3.05, 3.63) is 88.5 Å². The Balaban J connectivity index is 1.45. The Morgan fingerprint density at radius 1 is 0.726 bits per heavy atom. The second-order valence-corrected chi connectivity index (χ2v) is 15.4. The number of carbonyl (C=O) groups is 1. The first-order chi connectivity index (χ1) is 30.1. The van der Waals surface area contributed by atoms with Crippen molar-refractivity contribution in [2.24, 2.45) is 0 Å². The first-order valence-corrected chi connectivity index (χ1v) is 21.5. The highest BCUT2D eigenvalue weighted by atomic mass is 16.6. The van der Waals surface area contributed by atoms with E-state index in [2.05, 4.69) is 75.1 Å². The molecular formula is C48H66N4O10. The summed E-state index contributed by atoms with van der Waals surface area (Å²) in [5.74, 6) is -0.381. The minimum absolute atomic E-state index is 0.00957. The third kappa shape index (κ3) is 13.3. The number of aliphatic hydroxyl groups is 1. The number of hydrogen-bond acceptors (Lipinski definition) is 12. The van der Waals surface area contributed by atoms with Crippen LogP contribution in [0.25, 0.3) is 39.3 Å². The quantitative estimate of drug-likeness (QED) is 0.0392. The molecule has 0 amide bonds. The molecule has 2 aliphatic rings. The van der Waals surface area contributed by atoms with Gasteiger partial charge in [-0.25, -0.2) is 4.98 Å². The highest BCUT2D eigenvalue weighted by Crippen LogP contribution is 2.41. The number of H-pyrrole nitrogens is 2. The molecule has 0 aromatic carbocycles. The molecule has 3 aromatic heterocycles. The van der Waals surface area contributed by atoms with Gasteiger partial charge in [-0.05, 0) is 80.1 Å². The van der Waals surface area contributed by atoms with E-state index in [1.54, 1.807) is 14.2 Å². The molecule has 5 heterocycles. The van der Waals surface area contributed by atoms with Crippen LogP contribution in [0.4, 0.5) is 0 Å². The maximum atomic E-state index is 13.1. The molecule has 0 radical (unpaired) electrons.